The van der Waals surface area contributed by atoms with Crippen molar-refractivity contribution < 1.29 is 9.78 Å². The number of piperazine rings is 1. The Hall–Kier alpha value is -2.94. The smallest absolute Gasteiger partial charge is 0.328 e. The lowest BCUT2D eigenvalue weighted by Crippen LogP contribution is -2.50. The molecule has 9 heteroatoms. The second-order valence-electron chi connectivity index (χ2n) is 7.12. The molecule has 1 amide bonds. The van der Waals surface area contributed by atoms with Crippen molar-refractivity contribution in [3.05, 3.63) is 56.7 Å². The van der Waals surface area contributed by atoms with Gasteiger partial charge in [0, 0.05) is 19.0 Å². The van der Waals surface area contributed by atoms with E-state index in [4.69, 9.17) is 0 Å². The summed E-state index contributed by atoms with van der Waals surface area (Å²) in [6.07, 6.45) is 3.61. The normalized spacial score (nSPS) is 14.5. The van der Waals surface area contributed by atoms with E-state index >= 15 is 0 Å². The number of anilines is 1. The number of H-pyrrole nitrogens is 2. The Balaban J connectivity index is 1.25. The van der Waals surface area contributed by atoms with E-state index < -0.39 is 0 Å². The first-order chi connectivity index (χ1) is 14.1. The highest BCUT2D eigenvalue weighted by Crippen LogP contribution is 2.13. The third-order valence-corrected chi connectivity index (χ3v) is 6.18. The average molecular weight is 415 g/mol. The van der Waals surface area contributed by atoms with Crippen molar-refractivity contribution in [3.8, 4) is 0 Å². The minimum atomic E-state index is -0.388. The van der Waals surface area contributed by atoms with Gasteiger partial charge in [0.15, 0.2) is 0 Å². The summed E-state index contributed by atoms with van der Waals surface area (Å²) in [5, 5.41) is 1.79. The number of unbranched alkanes of at least 4 members (excludes halogenated alkanes) is 1. The second-order valence-corrected chi connectivity index (χ2v) is 8.04. The molecular weight excluding hydrogens is 390 g/mol. The zero-order valence-corrected chi connectivity index (χ0v) is 16.9. The molecule has 0 bridgehead atoms. The van der Waals surface area contributed by atoms with Crippen molar-refractivity contribution in [2.45, 2.75) is 25.8 Å². The lowest BCUT2D eigenvalue weighted by atomic mass is 10.2. The first kappa shape index (κ1) is 19.4. The second kappa shape index (κ2) is 8.60. The minimum Gasteiger partial charge on any atom is -0.335 e. The Labute approximate surface area is 171 Å². The molecule has 2 N–H and O–H groups in total. The molecule has 1 fully saturated rings. The van der Waals surface area contributed by atoms with E-state index in [1.807, 2.05) is 29.3 Å². The molecule has 1 aliphatic heterocycles. The number of pyridine rings is 1. The number of carbonyl (C=O) groups excluding carboxylic acids is 1. The number of nitrogens with zero attached hydrogens (tertiary/aromatic N) is 3. The average Bonchev–Trinajstić information content (AvgIpc) is 3.22. The van der Waals surface area contributed by atoms with Gasteiger partial charge in [0.2, 0.25) is 5.91 Å². The molecule has 152 valence electrons. The third-order valence-electron chi connectivity index (χ3n) is 5.28. The summed E-state index contributed by atoms with van der Waals surface area (Å²) in [5.41, 5.74) is -0.0522. The van der Waals surface area contributed by atoms with Crippen LogP contribution in [0, 0.1) is 0 Å². The number of fused-ring (bicyclic) bond motifs is 1. The maximum atomic E-state index is 12.5. The van der Waals surface area contributed by atoms with Crippen LogP contribution in [0.1, 0.15) is 19.3 Å². The Morgan fingerprint density at radius 1 is 1.10 bits per heavy atom. The molecule has 0 unspecified atom stereocenters. The lowest BCUT2D eigenvalue weighted by Gasteiger charge is -2.31. The Bertz CT molecular complexity index is 1100. The van der Waals surface area contributed by atoms with Crippen LogP contribution in [0.3, 0.4) is 0 Å². The highest BCUT2D eigenvalue weighted by molar-refractivity contribution is 7.17. The number of hydrogen-bond acceptors (Lipinski definition) is 5. The van der Waals surface area contributed by atoms with Crippen LogP contribution in [0.4, 0.5) is 5.82 Å². The van der Waals surface area contributed by atoms with E-state index in [9.17, 15) is 14.4 Å². The summed E-state index contributed by atoms with van der Waals surface area (Å²) in [4.78, 5) is 47.1. The number of aromatic nitrogens is 3. The predicted molar refractivity (Wildman–Crippen MR) is 112 cm³/mol. The Morgan fingerprint density at radius 3 is 2.69 bits per heavy atom. The summed E-state index contributed by atoms with van der Waals surface area (Å²) in [6, 6.07) is 7.72. The monoisotopic (exact) mass is 414 g/mol. The first-order valence-corrected chi connectivity index (χ1v) is 10.7. The molecule has 0 saturated carbocycles. The fourth-order valence-electron chi connectivity index (χ4n) is 3.66. The van der Waals surface area contributed by atoms with Gasteiger partial charge in [0.25, 0.3) is 11.4 Å². The molecular formula is C20H24N5O3S+. The number of rotatable bonds is 6. The fraction of sp³-hybridized carbons (Fsp3) is 0.400. The Kier molecular flexibility index (Phi) is 5.75. The topological polar surface area (TPSA) is 92.5 Å². The summed E-state index contributed by atoms with van der Waals surface area (Å²) < 4.78 is 1.80. The van der Waals surface area contributed by atoms with Gasteiger partial charge in [-0.2, -0.15) is 0 Å². The minimum absolute atomic E-state index is 0.136. The van der Waals surface area contributed by atoms with Crippen molar-refractivity contribution >= 4 is 33.3 Å². The molecule has 1 saturated heterocycles. The van der Waals surface area contributed by atoms with Crippen LogP contribution >= 0.6 is 11.3 Å². The van der Waals surface area contributed by atoms with Crippen LogP contribution in [0.5, 0.6) is 0 Å². The molecule has 0 radical (unpaired) electrons. The van der Waals surface area contributed by atoms with Gasteiger partial charge in [-0.05, 0) is 30.4 Å². The van der Waals surface area contributed by atoms with Crippen molar-refractivity contribution in [2.75, 3.05) is 31.1 Å². The molecule has 4 rings (SSSR count). The maximum absolute atomic E-state index is 12.5. The molecule has 3 aromatic heterocycles. The zero-order valence-electron chi connectivity index (χ0n) is 16.1. The molecule has 8 nitrogen and oxygen atoms in total. The van der Waals surface area contributed by atoms with Crippen LogP contribution in [-0.4, -0.2) is 46.5 Å². The molecule has 0 spiro atoms. The molecule has 0 atom stereocenters. The van der Waals surface area contributed by atoms with E-state index in [0.29, 0.717) is 49.1 Å². The van der Waals surface area contributed by atoms with Gasteiger partial charge in [-0.1, -0.05) is 6.07 Å². The van der Waals surface area contributed by atoms with Gasteiger partial charge in [0.05, 0.1) is 24.8 Å². The van der Waals surface area contributed by atoms with Crippen LogP contribution in [0.25, 0.3) is 10.2 Å². The summed E-state index contributed by atoms with van der Waals surface area (Å²) >= 11 is 1.33. The third kappa shape index (κ3) is 4.24. The SMILES string of the molecule is O=C(CCCCn1c(=O)[nH]c2ccsc2c1=O)N1CCN(c2cccc[nH+]2)CC1. The molecule has 4 heterocycles. The zero-order chi connectivity index (χ0) is 20.2. The van der Waals surface area contributed by atoms with Gasteiger partial charge in [-0.3, -0.25) is 19.1 Å². The quantitative estimate of drug-likeness (QED) is 0.611. The fourth-order valence-corrected chi connectivity index (χ4v) is 4.45. The van der Waals surface area contributed by atoms with E-state index in [1.165, 1.54) is 15.9 Å². The Morgan fingerprint density at radius 2 is 1.93 bits per heavy atom. The first-order valence-electron chi connectivity index (χ1n) is 9.83. The maximum Gasteiger partial charge on any atom is 0.328 e. The standard InChI is InChI=1S/C20H23N5O3S/c26-17(24-12-10-23(11-13-24)16-5-1-3-8-21-16)6-2-4-9-25-19(27)18-15(7-14-29-18)22-20(25)28/h1,3,5,7-8,14H,2,4,6,9-13H2,(H,22,28)/p+1. The van der Waals surface area contributed by atoms with Crippen LogP contribution in [0.15, 0.2) is 45.4 Å². The van der Waals surface area contributed by atoms with Crippen LogP contribution < -0.4 is 21.1 Å². The van der Waals surface area contributed by atoms with Gasteiger partial charge in [-0.15, -0.1) is 11.3 Å². The van der Waals surface area contributed by atoms with Crippen LogP contribution in [-0.2, 0) is 11.3 Å². The molecule has 0 aromatic carbocycles. The largest absolute Gasteiger partial charge is 0.335 e. The number of hydrogen-bond donors (Lipinski definition) is 1. The number of carbonyl (C=O) groups is 1. The highest BCUT2D eigenvalue weighted by atomic mass is 32.1. The van der Waals surface area contributed by atoms with E-state index in [-0.39, 0.29) is 17.2 Å². The molecule has 3 aromatic rings. The summed E-state index contributed by atoms with van der Waals surface area (Å²) in [5.74, 6) is 1.20. The van der Waals surface area contributed by atoms with Crippen molar-refractivity contribution in [3.63, 3.8) is 0 Å². The number of aromatic amines is 2. The summed E-state index contributed by atoms with van der Waals surface area (Å²) in [7, 11) is 0. The van der Waals surface area contributed by atoms with E-state index in [0.717, 1.165) is 18.9 Å². The number of amides is 1. The van der Waals surface area contributed by atoms with Gasteiger partial charge < -0.3 is 9.88 Å². The van der Waals surface area contributed by atoms with E-state index in [2.05, 4.69) is 14.9 Å². The van der Waals surface area contributed by atoms with Crippen molar-refractivity contribution in [1.82, 2.24) is 14.5 Å². The lowest BCUT2D eigenvalue weighted by molar-refractivity contribution is -0.364. The van der Waals surface area contributed by atoms with Crippen molar-refractivity contribution in [1.29, 1.82) is 0 Å². The molecule has 0 aliphatic carbocycles. The number of thiophene rings is 1. The van der Waals surface area contributed by atoms with E-state index in [1.54, 1.807) is 11.4 Å². The summed E-state index contributed by atoms with van der Waals surface area (Å²) in [6.45, 7) is 3.34. The van der Waals surface area contributed by atoms with Crippen LogP contribution in [0.2, 0.25) is 0 Å². The highest BCUT2D eigenvalue weighted by Gasteiger charge is 2.25. The van der Waals surface area contributed by atoms with Gasteiger partial charge in [0.1, 0.15) is 17.8 Å². The molecule has 29 heavy (non-hydrogen) atoms. The predicted octanol–water partition coefficient (Wildman–Crippen LogP) is 1.08. The van der Waals surface area contributed by atoms with Gasteiger partial charge >= 0.3 is 5.69 Å². The molecule has 1 aliphatic rings. The van der Waals surface area contributed by atoms with Crippen molar-refractivity contribution in [2.24, 2.45) is 0 Å². The number of nitrogens with one attached hydrogen (secondary N) is 2. The van der Waals surface area contributed by atoms with Gasteiger partial charge in [-0.25, -0.2) is 9.78 Å².